The van der Waals surface area contributed by atoms with E-state index in [1.165, 1.54) is 7.05 Å². The molecule has 1 fully saturated rings. The van der Waals surface area contributed by atoms with Gasteiger partial charge in [-0.2, -0.15) is 0 Å². The number of fused-ring (bicyclic) bond motifs is 2. The summed E-state index contributed by atoms with van der Waals surface area (Å²) < 4.78 is 5.84. The minimum Gasteiger partial charge on any atom is -0.345 e. The first kappa shape index (κ1) is 13.5. The van der Waals surface area contributed by atoms with Crippen molar-refractivity contribution < 1.29 is 14.3 Å². The molecule has 1 spiro atoms. The van der Waals surface area contributed by atoms with Crippen LogP contribution in [0.2, 0.25) is 5.02 Å². The Kier molecular flexibility index (Phi) is 2.71. The van der Waals surface area contributed by atoms with Gasteiger partial charge in [0.1, 0.15) is 6.10 Å². The molecule has 2 heterocycles. The smallest absolute Gasteiger partial charge is 0.269 e. The lowest BCUT2D eigenvalue weighted by Crippen LogP contribution is -2.47. The molecule has 2 aliphatic rings. The Morgan fingerprint density at radius 2 is 1.77 bits per heavy atom. The molecule has 2 amide bonds. The summed E-state index contributed by atoms with van der Waals surface area (Å²) in [5.41, 5.74) is 0.937. The first-order valence-corrected chi connectivity index (χ1v) is 7.29. The van der Waals surface area contributed by atoms with Crippen molar-refractivity contribution in [2.45, 2.75) is 11.7 Å². The molecule has 0 bridgehead atoms. The fourth-order valence-electron chi connectivity index (χ4n) is 3.09. The third-order valence-electron chi connectivity index (χ3n) is 4.27. The van der Waals surface area contributed by atoms with Crippen molar-refractivity contribution in [1.29, 1.82) is 0 Å². The summed E-state index contributed by atoms with van der Waals surface area (Å²) in [6, 6.07) is 14.3. The fraction of sp³-hybridized carbons (Fsp3) is 0.176. The normalized spacial score (nSPS) is 26.3. The van der Waals surface area contributed by atoms with Crippen LogP contribution in [0.3, 0.4) is 0 Å². The molecule has 1 saturated heterocycles. The summed E-state index contributed by atoms with van der Waals surface area (Å²) >= 11 is 5.91. The predicted molar refractivity (Wildman–Crippen MR) is 80.5 cm³/mol. The lowest BCUT2D eigenvalue weighted by Gasteiger charge is -2.28. The van der Waals surface area contributed by atoms with Gasteiger partial charge in [0.05, 0.1) is 0 Å². The third-order valence-corrected chi connectivity index (χ3v) is 4.53. The van der Waals surface area contributed by atoms with Crippen LogP contribution in [0.4, 0.5) is 0 Å². The van der Waals surface area contributed by atoms with Crippen LogP contribution in [-0.2, 0) is 15.1 Å². The fourth-order valence-corrected chi connectivity index (χ4v) is 3.22. The van der Waals surface area contributed by atoms with Crippen molar-refractivity contribution in [3.05, 3.63) is 70.2 Å². The molecule has 2 atom stereocenters. The average molecular weight is 314 g/mol. The van der Waals surface area contributed by atoms with E-state index in [4.69, 9.17) is 16.3 Å². The highest BCUT2D eigenvalue weighted by Gasteiger charge is 2.68. The van der Waals surface area contributed by atoms with E-state index in [9.17, 15) is 9.59 Å². The van der Waals surface area contributed by atoms with Gasteiger partial charge in [-0.1, -0.05) is 41.9 Å². The molecule has 0 aliphatic carbocycles. The molecule has 110 valence electrons. The number of ether oxygens (including phenoxy) is 1. The number of nitrogens with zero attached hydrogens (tertiary/aromatic N) is 1. The molecule has 0 unspecified atom stereocenters. The molecule has 0 saturated carbocycles. The summed E-state index contributed by atoms with van der Waals surface area (Å²) in [4.78, 5) is 26.1. The van der Waals surface area contributed by atoms with Gasteiger partial charge in [-0.05, 0) is 23.8 Å². The second-order valence-electron chi connectivity index (χ2n) is 5.50. The number of rotatable bonds is 1. The quantitative estimate of drug-likeness (QED) is 0.601. The summed E-state index contributed by atoms with van der Waals surface area (Å²) in [5.74, 6) is -0.618. The van der Waals surface area contributed by atoms with Gasteiger partial charge >= 0.3 is 0 Å². The monoisotopic (exact) mass is 313 g/mol. The highest BCUT2D eigenvalue weighted by Crippen LogP contribution is 2.60. The summed E-state index contributed by atoms with van der Waals surface area (Å²) in [6.07, 6.45) is -0.394. The molecule has 2 aliphatic heterocycles. The van der Waals surface area contributed by atoms with Crippen LogP contribution in [0.15, 0.2) is 48.5 Å². The maximum Gasteiger partial charge on any atom is 0.269 e. The van der Waals surface area contributed by atoms with Crippen molar-refractivity contribution >= 4 is 23.4 Å². The third kappa shape index (κ3) is 1.62. The van der Waals surface area contributed by atoms with Gasteiger partial charge < -0.3 is 4.74 Å². The summed E-state index contributed by atoms with van der Waals surface area (Å²) in [5, 5.41) is 0.626. The second-order valence-corrected chi connectivity index (χ2v) is 5.94. The lowest BCUT2D eigenvalue weighted by molar-refractivity contribution is -0.134. The zero-order valence-corrected chi connectivity index (χ0v) is 12.5. The molecule has 2 aromatic carbocycles. The van der Waals surface area contributed by atoms with Gasteiger partial charge in [0.2, 0.25) is 5.60 Å². The van der Waals surface area contributed by atoms with Gasteiger partial charge in [-0.15, -0.1) is 0 Å². The van der Waals surface area contributed by atoms with Gasteiger partial charge in [-0.3, -0.25) is 14.5 Å². The maximum absolute atomic E-state index is 12.7. The van der Waals surface area contributed by atoms with Gasteiger partial charge in [0, 0.05) is 23.2 Å². The van der Waals surface area contributed by atoms with E-state index in [0.717, 1.165) is 10.5 Å². The van der Waals surface area contributed by atoms with E-state index in [0.29, 0.717) is 16.1 Å². The van der Waals surface area contributed by atoms with E-state index in [2.05, 4.69) is 0 Å². The van der Waals surface area contributed by atoms with Crippen LogP contribution in [0.25, 0.3) is 0 Å². The number of epoxide rings is 1. The minimum absolute atomic E-state index is 0.295. The highest BCUT2D eigenvalue weighted by atomic mass is 35.5. The van der Waals surface area contributed by atoms with E-state index in [-0.39, 0.29) is 11.8 Å². The van der Waals surface area contributed by atoms with Crippen LogP contribution >= 0.6 is 11.6 Å². The largest absolute Gasteiger partial charge is 0.345 e. The molecule has 5 heteroatoms. The molecule has 22 heavy (non-hydrogen) atoms. The molecule has 2 aromatic rings. The van der Waals surface area contributed by atoms with Crippen LogP contribution in [0, 0.1) is 0 Å². The molecule has 4 nitrogen and oxygen atoms in total. The molecule has 0 radical (unpaired) electrons. The average Bonchev–Trinajstić information content (AvgIpc) is 3.29. The van der Waals surface area contributed by atoms with Crippen LogP contribution in [0.5, 0.6) is 0 Å². The van der Waals surface area contributed by atoms with Gasteiger partial charge in [0.25, 0.3) is 11.8 Å². The Balaban J connectivity index is 1.85. The van der Waals surface area contributed by atoms with Crippen molar-refractivity contribution in [3.63, 3.8) is 0 Å². The topological polar surface area (TPSA) is 49.9 Å². The summed E-state index contributed by atoms with van der Waals surface area (Å²) in [7, 11) is 1.49. The number of carbonyl (C=O) groups is 2. The molecule has 4 rings (SSSR count). The van der Waals surface area contributed by atoms with Crippen LogP contribution in [-0.4, -0.2) is 23.8 Å². The number of hydrogen-bond acceptors (Lipinski definition) is 3. The number of imide groups is 1. The number of likely N-dealkylation sites (N-methyl/N-ethyl adjacent to an activating group) is 1. The molecule has 0 aromatic heterocycles. The van der Waals surface area contributed by atoms with Gasteiger partial charge in [0.15, 0.2) is 0 Å². The summed E-state index contributed by atoms with van der Waals surface area (Å²) in [6.45, 7) is 0. The van der Waals surface area contributed by atoms with Crippen LogP contribution in [0.1, 0.15) is 27.6 Å². The zero-order chi connectivity index (χ0) is 15.5. The van der Waals surface area contributed by atoms with Crippen LogP contribution < -0.4 is 0 Å². The van der Waals surface area contributed by atoms with Crippen molar-refractivity contribution in [1.82, 2.24) is 4.90 Å². The van der Waals surface area contributed by atoms with Gasteiger partial charge in [-0.25, -0.2) is 0 Å². The van der Waals surface area contributed by atoms with E-state index >= 15 is 0 Å². The number of hydrogen-bond donors (Lipinski definition) is 0. The zero-order valence-electron chi connectivity index (χ0n) is 11.7. The number of halogens is 1. The SMILES string of the molecule is CN1C(=O)c2ccccc2[C@@]2(O[C@H]2c2ccc(Cl)cc2)C1=O. The van der Waals surface area contributed by atoms with E-state index < -0.39 is 11.7 Å². The highest BCUT2D eigenvalue weighted by molar-refractivity contribution is 6.30. The number of benzene rings is 2. The lowest BCUT2D eigenvalue weighted by atomic mass is 9.84. The molecular weight excluding hydrogens is 302 g/mol. The Bertz CT molecular complexity index is 802. The Morgan fingerprint density at radius 3 is 2.50 bits per heavy atom. The van der Waals surface area contributed by atoms with E-state index in [1.807, 2.05) is 18.2 Å². The minimum atomic E-state index is -1.09. The van der Waals surface area contributed by atoms with Crippen molar-refractivity contribution in [3.8, 4) is 0 Å². The maximum atomic E-state index is 12.7. The Labute approximate surface area is 132 Å². The first-order valence-electron chi connectivity index (χ1n) is 6.91. The second kappa shape index (κ2) is 4.41. The molecular formula is C17H12ClNO3. The number of carbonyl (C=O) groups excluding carboxylic acids is 2. The van der Waals surface area contributed by atoms with Crippen molar-refractivity contribution in [2.75, 3.05) is 7.05 Å². The van der Waals surface area contributed by atoms with Crippen molar-refractivity contribution in [2.24, 2.45) is 0 Å². The number of amides is 2. The Morgan fingerprint density at radius 1 is 1.09 bits per heavy atom. The Hall–Kier alpha value is -2.17. The first-order chi connectivity index (χ1) is 10.6. The predicted octanol–water partition coefficient (Wildman–Crippen LogP) is 2.92. The van der Waals surface area contributed by atoms with E-state index in [1.54, 1.807) is 30.3 Å². The molecule has 0 N–H and O–H groups in total. The standard InChI is InChI=1S/C17H12ClNO3/c1-19-15(20)12-4-2-3-5-13(12)17(16(19)21)14(22-17)10-6-8-11(18)9-7-10/h2-9,14H,1H3/t14-,17-/m0/s1.